The molecule has 0 spiro atoms. The number of carbonyl (C=O) groups excluding carboxylic acids is 6. The summed E-state index contributed by atoms with van der Waals surface area (Å²) < 4.78 is 10.1. The summed E-state index contributed by atoms with van der Waals surface area (Å²) in [6.45, 7) is 16.4. The second-order valence-corrected chi connectivity index (χ2v) is 16.6. The molecule has 1 unspecified atom stereocenters. The van der Waals surface area contributed by atoms with Crippen LogP contribution in [0.15, 0.2) is 48.5 Å². The normalized spacial score (nSPS) is 15.7. The minimum absolute atomic E-state index is 0.157. The number of ether oxygens (including phenoxy) is 2. The van der Waals surface area contributed by atoms with Crippen molar-refractivity contribution >= 4 is 53.1 Å². The van der Waals surface area contributed by atoms with Crippen LogP contribution in [0.4, 0.5) is 21.0 Å². The monoisotopic (exact) mass is 911 g/mol. The lowest BCUT2D eigenvalue weighted by Crippen LogP contribution is -2.51. The molecule has 0 aromatic heterocycles. The number of fused-ring (bicyclic) bond motifs is 1. The number of carboxylic acids is 1. The van der Waals surface area contributed by atoms with Gasteiger partial charge in [0.15, 0.2) is 0 Å². The summed E-state index contributed by atoms with van der Waals surface area (Å²) in [5, 5.41) is 18.3. The van der Waals surface area contributed by atoms with Gasteiger partial charge in [-0.1, -0.05) is 90.6 Å². The van der Waals surface area contributed by atoms with Crippen LogP contribution >= 0.6 is 0 Å². The summed E-state index contributed by atoms with van der Waals surface area (Å²) in [7, 11) is 3.10. The van der Waals surface area contributed by atoms with Crippen LogP contribution in [0.5, 0.6) is 5.75 Å². The van der Waals surface area contributed by atoms with Crippen LogP contribution in [-0.4, -0.2) is 142 Å². The van der Waals surface area contributed by atoms with Crippen LogP contribution in [0.25, 0.3) is 0 Å². The number of amides is 7. The van der Waals surface area contributed by atoms with Gasteiger partial charge in [-0.15, -0.1) is 0 Å². The maximum Gasteiger partial charge on any atom is 0.414 e. The number of unbranched alkanes of at least 4 members (excludes halogenated alkanes) is 1. The predicted molar refractivity (Wildman–Crippen MR) is 251 cm³/mol. The predicted octanol–water partition coefficient (Wildman–Crippen LogP) is 4.97. The third-order valence-corrected chi connectivity index (χ3v) is 10.4. The Morgan fingerprint density at radius 3 is 1.89 bits per heavy atom. The fraction of sp³-hybridized carbons (Fsp3) is 0.596. The molecule has 3 aliphatic heterocycles. The summed E-state index contributed by atoms with van der Waals surface area (Å²) in [6, 6.07) is 14.8. The van der Waals surface area contributed by atoms with Crippen molar-refractivity contribution in [1.29, 1.82) is 0 Å². The summed E-state index contributed by atoms with van der Waals surface area (Å²) in [6.07, 6.45) is 5.61. The third kappa shape index (κ3) is 20.5. The maximum atomic E-state index is 12.1. The van der Waals surface area contributed by atoms with E-state index in [-0.39, 0.29) is 31.1 Å². The molecule has 3 heterocycles. The van der Waals surface area contributed by atoms with E-state index in [0.29, 0.717) is 38.4 Å². The van der Waals surface area contributed by atoms with Crippen molar-refractivity contribution < 1.29 is 48.1 Å². The summed E-state index contributed by atoms with van der Waals surface area (Å²) >= 11 is 0. The number of nitrogens with one attached hydrogen (secondary N) is 4. The highest BCUT2D eigenvalue weighted by Crippen LogP contribution is 2.35. The van der Waals surface area contributed by atoms with E-state index in [9.17, 15) is 33.6 Å². The number of hydrogen-bond acceptors (Lipinski definition) is 10. The van der Waals surface area contributed by atoms with Gasteiger partial charge >= 0.3 is 18.1 Å². The molecule has 2 atom stereocenters. The zero-order valence-electron chi connectivity index (χ0n) is 39.8. The zero-order valence-corrected chi connectivity index (χ0v) is 39.8. The zero-order chi connectivity index (χ0) is 48.3. The first kappa shape index (κ1) is 55.1. The Balaban J connectivity index is 0.000000347. The van der Waals surface area contributed by atoms with E-state index < -0.39 is 36.3 Å². The fourth-order valence-electron chi connectivity index (χ4n) is 7.05. The molecule has 0 radical (unpaired) electrons. The van der Waals surface area contributed by atoms with Crippen LogP contribution in [0.1, 0.15) is 98.0 Å². The van der Waals surface area contributed by atoms with Crippen LogP contribution in [0.3, 0.4) is 0 Å². The number of urea groups is 1. The van der Waals surface area contributed by atoms with E-state index in [1.165, 1.54) is 12.7 Å². The van der Waals surface area contributed by atoms with Gasteiger partial charge in [0.2, 0.25) is 23.6 Å². The highest BCUT2D eigenvalue weighted by atomic mass is 16.5. The molecule has 362 valence electrons. The number of para-hydroxylation sites is 3. The molecule has 2 saturated heterocycles. The van der Waals surface area contributed by atoms with Crippen LogP contribution in [0, 0.1) is 5.92 Å². The molecule has 2 aromatic rings. The van der Waals surface area contributed by atoms with E-state index >= 15 is 0 Å². The van der Waals surface area contributed by atoms with Crippen molar-refractivity contribution in [1.82, 2.24) is 31.1 Å². The number of rotatable bonds is 13. The topological polar surface area (TPSA) is 219 Å². The van der Waals surface area contributed by atoms with Gasteiger partial charge in [-0.3, -0.25) is 28.9 Å². The molecule has 5 rings (SSSR count). The number of anilines is 2. The minimum Gasteiger partial charge on any atom is -0.495 e. The first-order valence-corrected chi connectivity index (χ1v) is 22.7. The number of carboxylic acid groups (broad SMARTS) is 1. The molecule has 0 saturated carbocycles. The molecule has 18 heteroatoms. The summed E-state index contributed by atoms with van der Waals surface area (Å²) in [5.74, 6) is -0.588. The Hall–Kier alpha value is -6.07. The molecule has 18 nitrogen and oxygen atoms in total. The maximum absolute atomic E-state index is 12.1. The van der Waals surface area contributed by atoms with Crippen molar-refractivity contribution in [3.8, 4) is 5.75 Å². The number of likely N-dealkylation sites (tertiary alicyclic amines) is 1. The Morgan fingerprint density at radius 2 is 1.32 bits per heavy atom. The van der Waals surface area contributed by atoms with E-state index in [2.05, 4.69) is 66.0 Å². The van der Waals surface area contributed by atoms with E-state index in [4.69, 9.17) is 14.6 Å². The van der Waals surface area contributed by atoms with Gasteiger partial charge in [0.25, 0.3) is 0 Å². The SMILES string of the molecule is CC(C)C.CCCC[C@@H](NC(=O)CNC(=O)CNC(=O)N1CCCCCC1)C(=O)NCC(=O)O.COC(=O)N1CC(C)c2ccccc21.COc1ccccc1N1CCN(C(C)=O)CC1. The standard InChI is InChI=1S/C19H33N5O6.C13H18N2O2.C11H13NO2.C4H10/c1-2-3-8-14(18(29)21-13-17(27)28)23-16(26)12-20-15(25)11-22-19(30)24-9-6-4-5-7-10-24;1-11(16)14-7-9-15(10-8-14)12-5-3-4-6-13(12)17-2;1-8-7-12(11(13)14-2)10-6-4-3-5-9(8)10;1-4(2)3/h14H,2-13H2,1H3,(H,20,25)(H,21,29)(H,22,30)(H,23,26)(H,27,28);3-6H,7-10H2,1-2H3;3-6,8H,7H2,1-2H3;4H,1-3H3/t14-;;;/m1.../s1. The molecule has 2 aromatic carbocycles. The molecule has 3 aliphatic rings. The highest BCUT2D eigenvalue weighted by Gasteiger charge is 2.30. The average molecular weight is 911 g/mol. The minimum atomic E-state index is -1.18. The van der Waals surface area contributed by atoms with Crippen LogP contribution in [0.2, 0.25) is 0 Å². The second kappa shape index (κ2) is 30.1. The van der Waals surface area contributed by atoms with Crippen molar-refractivity contribution in [2.75, 3.05) is 89.5 Å². The Morgan fingerprint density at radius 1 is 0.738 bits per heavy atom. The number of benzene rings is 2. The van der Waals surface area contributed by atoms with Crippen LogP contribution < -0.4 is 35.8 Å². The molecule has 65 heavy (non-hydrogen) atoms. The Bertz CT molecular complexity index is 1810. The smallest absolute Gasteiger partial charge is 0.414 e. The first-order chi connectivity index (χ1) is 31.0. The lowest BCUT2D eigenvalue weighted by molar-refractivity contribution is -0.138. The van der Waals surface area contributed by atoms with Crippen molar-refractivity contribution in [3.05, 3.63) is 54.1 Å². The van der Waals surface area contributed by atoms with Crippen LogP contribution in [-0.2, 0) is 28.7 Å². The third-order valence-electron chi connectivity index (χ3n) is 10.4. The second-order valence-electron chi connectivity index (χ2n) is 16.6. The fourth-order valence-corrected chi connectivity index (χ4v) is 7.05. The van der Waals surface area contributed by atoms with Gasteiger partial charge in [-0.25, -0.2) is 9.59 Å². The van der Waals surface area contributed by atoms with Gasteiger partial charge in [-0.2, -0.15) is 0 Å². The first-order valence-electron chi connectivity index (χ1n) is 22.7. The van der Waals surface area contributed by atoms with E-state index in [1.807, 2.05) is 48.2 Å². The molecule has 0 aliphatic carbocycles. The van der Waals surface area contributed by atoms with Gasteiger partial charge in [0, 0.05) is 58.7 Å². The molecular formula is C47H74N8O10. The van der Waals surface area contributed by atoms with Gasteiger partial charge in [0.1, 0.15) is 18.3 Å². The number of piperazine rings is 1. The van der Waals surface area contributed by atoms with Crippen molar-refractivity contribution in [2.45, 2.75) is 98.4 Å². The van der Waals surface area contributed by atoms with Crippen molar-refractivity contribution in [3.63, 3.8) is 0 Å². The van der Waals surface area contributed by atoms with E-state index in [0.717, 1.165) is 81.3 Å². The Kier molecular flexibility index (Phi) is 25.5. The summed E-state index contributed by atoms with van der Waals surface area (Å²) in [5.41, 5.74) is 3.31. The van der Waals surface area contributed by atoms with Gasteiger partial charge < -0.3 is 50.5 Å². The summed E-state index contributed by atoms with van der Waals surface area (Å²) in [4.78, 5) is 88.9. The molecular weight excluding hydrogens is 837 g/mol. The average Bonchev–Trinajstić information content (AvgIpc) is 3.42. The lowest BCUT2D eigenvalue weighted by atomic mass is 10.0. The quantitative estimate of drug-likeness (QED) is 0.181. The molecule has 7 amide bonds. The lowest BCUT2D eigenvalue weighted by Gasteiger charge is -2.36. The number of carbonyl (C=O) groups is 7. The molecule has 0 bridgehead atoms. The van der Waals surface area contributed by atoms with Gasteiger partial charge in [-0.05, 0) is 48.9 Å². The van der Waals surface area contributed by atoms with Crippen molar-refractivity contribution in [2.24, 2.45) is 5.92 Å². The Labute approximate surface area is 385 Å². The largest absolute Gasteiger partial charge is 0.495 e. The van der Waals surface area contributed by atoms with Gasteiger partial charge in [0.05, 0.1) is 38.7 Å². The number of hydrogen-bond donors (Lipinski definition) is 5. The molecule has 5 N–H and O–H groups in total. The highest BCUT2D eigenvalue weighted by molar-refractivity contribution is 5.92. The number of methoxy groups -OCH3 is 2. The molecule has 2 fully saturated rings. The number of nitrogens with zero attached hydrogens (tertiary/aromatic N) is 4. The van der Waals surface area contributed by atoms with E-state index in [1.54, 1.807) is 23.8 Å². The number of aliphatic carboxylic acids is 1.